The molecular formula is C17H19N3O2S. The minimum absolute atomic E-state index is 0.539. The first kappa shape index (κ1) is 15.7. The summed E-state index contributed by atoms with van der Waals surface area (Å²) >= 11 is 4.60. The molecule has 0 unspecified atom stereocenters. The van der Waals surface area contributed by atoms with Gasteiger partial charge in [0, 0.05) is 11.0 Å². The lowest BCUT2D eigenvalue weighted by atomic mass is 10.1. The molecule has 0 saturated carbocycles. The molecule has 3 aromatic rings. The fraction of sp³-hybridized carbons (Fsp3) is 0.294. The molecule has 1 N–H and O–H groups in total. The van der Waals surface area contributed by atoms with E-state index in [1.807, 2.05) is 25.1 Å². The highest BCUT2D eigenvalue weighted by atomic mass is 32.1. The third-order valence-corrected chi connectivity index (χ3v) is 4.12. The number of pyridine rings is 1. The molecular weight excluding hydrogens is 310 g/mol. The van der Waals surface area contributed by atoms with Crippen molar-refractivity contribution in [3.8, 4) is 23.0 Å². The molecule has 23 heavy (non-hydrogen) atoms. The molecule has 0 saturated heterocycles. The van der Waals surface area contributed by atoms with E-state index in [0.717, 1.165) is 33.7 Å². The van der Waals surface area contributed by atoms with E-state index in [9.17, 15) is 0 Å². The van der Waals surface area contributed by atoms with E-state index in [1.54, 1.807) is 13.2 Å². The number of imidazole rings is 1. The largest absolute Gasteiger partial charge is 0.492 e. The number of H-pyrrole nitrogens is 1. The Morgan fingerprint density at radius 1 is 1.17 bits per heavy atom. The molecule has 0 fully saturated rings. The maximum absolute atomic E-state index is 5.91. The molecule has 0 bridgehead atoms. The van der Waals surface area contributed by atoms with Gasteiger partial charge in [0.2, 0.25) is 5.88 Å². The monoisotopic (exact) mass is 329 g/mol. The Hall–Kier alpha value is -2.21. The summed E-state index contributed by atoms with van der Waals surface area (Å²) in [5.74, 6) is 2.00. The van der Waals surface area contributed by atoms with Gasteiger partial charge in [0.1, 0.15) is 11.6 Å². The number of ether oxygens (including phenoxy) is 2. The lowest BCUT2D eigenvalue weighted by Gasteiger charge is -2.13. The average molecular weight is 329 g/mol. The Bertz CT molecular complexity index is 845. The number of thiol groups is 1. The third kappa shape index (κ3) is 2.99. The van der Waals surface area contributed by atoms with Gasteiger partial charge < -0.3 is 14.5 Å². The fourth-order valence-corrected chi connectivity index (χ4v) is 2.58. The first-order valence-electron chi connectivity index (χ1n) is 7.50. The Morgan fingerprint density at radius 2 is 2.00 bits per heavy atom. The van der Waals surface area contributed by atoms with Crippen LogP contribution in [0.5, 0.6) is 11.6 Å². The van der Waals surface area contributed by atoms with Crippen LogP contribution in [0.25, 0.3) is 22.6 Å². The highest BCUT2D eigenvalue weighted by Gasteiger charge is 2.16. The van der Waals surface area contributed by atoms with Gasteiger partial charge in [0.05, 0.1) is 24.8 Å². The molecule has 0 amide bonds. The van der Waals surface area contributed by atoms with E-state index in [2.05, 4.69) is 34.5 Å². The van der Waals surface area contributed by atoms with Crippen molar-refractivity contribution < 1.29 is 9.47 Å². The van der Waals surface area contributed by atoms with Crippen LogP contribution in [0.3, 0.4) is 0 Å². The van der Waals surface area contributed by atoms with E-state index in [1.165, 1.54) is 0 Å². The van der Waals surface area contributed by atoms with Gasteiger partial charge in [0.25, 0.3) is 0 Å². The molecule has 2 heterocycles. The predicted molar refractivity (Wildman–Crippen MR) is 93.7 cm³/mol. The lowest BCUT2D eigenvalue weighted by molar-refractivity contribution is 0.311. The molecule has 1 aromatic carbocycles. The van der Waals surface area contributed by atoms with Gasteiger partial charge in [0.15, 0.2) is 5.65 Å². The molecule has 0 aliphatic carbocycles. The summed E-state index contributed by atoms with van der Waals surface area (Å²) in [4.78, 5) is 13.0. The number of fused-ring (bicyclic) bond motifs is 1. The van der Waals surface area contributed by atoms with E-state index in [4.69, 9.17) is 9.47 Å². The van der Waals surface area contributed by atoms with Gasteiger partial charge in [-0.3, -0.25) is 0 Å². The Morgan fingerprint density at radius 3 is 2.74 bits per heavy atom. The number of benzene rings is 1. The van der Waals surface area contributed by atoms with Crippen LogP contribution in [0.2, 0.25) is 0 Å². The van der Waals surface area contributed by atoms with Crippen LogP contribution in [-0.4, -0.2) is 28.7 Å². The molecule has 0 spiro atoms. The molecule has 3 rings (SSSR count). The topological polar surface area (TPSA) is 60.0 Å². The summed E-state index contributed by atoms with van der Waals surface area (Å²) in [7, 11) is 1.59. The number of methoxy groups -OCH3 is 1. The summed E-state index contributed by atoms with van der Waals surface area (Å²) in [6.45, 7) is 4.72. The Balaban J connectivity index is 2.12. The second-order valence-electron chi connectivity index (χ2n) is 5.27. The second kappa shape index (κ2) is 6.50. The minimum atomic E-state index is 0.539. The molecule has 0 aliphatic rings. The van der Waals surface area contributed by atoms with Gasteiger partial charge in [-0.2, -0.15) is 4.98 Å². The van der Waals surface area contributed by atoms with Crippen LogP contribution in [0.4, 0.5) is 0 Å². The standard InChI is InChI=1S/C17H19N3O2S/c1-4-9-22-14-11(6-5-10(2)15(14)23)16-18-12-7-8-13(21-3)19-17(12)20-16/h5-8,23H,4,9H2,1-3H3,(H,18,19,20). The van der Waals surface area contributed by atoms with E-state index >= 15 is 0 Å². The number of rotatable bonds is 5. The molecule has 5 nitrogen and oxygen atoms in total. The third-order valence-electron chi connectivity index (χ3n) is 3.57. The van der Waals surface area contributed by atoms with E-state index in [0.29, 0.717) is 24.0 Å². The zero-order valence-electron chi connectivity index (χ0n) is 13.4. The number of nitrogens with zero attached hydrogens (tertiary/aromatic N) is 2. The van der Waals surface area contributed by atoms with E-state index in [-0.39, 0.29) is 0 Å². The Labute approximate surface area is 140 Å². The van der Waals surface area contributed by atoms with Crippen molar-refractivity contribution in [2.75, 3.05) is 13.7 Å². The van der Waals surface area contributed by atoms with Crippen molar-refractivity contribution in [1.29, 1.82) is 0 Å². The van der Waals surface area contributed by atoms with Crippen molar-refractivity contribution >= 4 is 23.8 Å². The maximum atomic E-state index is 5.91. The van der Waals surface area contributed by atoms with Crippen LogP contribution in [0.1, 0.15) is 18.9 Å². The zero-order chi connectivity index (χ0) is 16.4. The second-order valence-corrected chi connectivity index (χ2v) is 5.71. The number of hydrogen-bond acceptors (Lipinski definition) is 5. The van der Waals surface area contributed by atoms with Gasteiger partial charge in [-0.15, -0.1) is 12.6 Å². The molecule has 6 heteroatoms. The quantitative estimate of drug-likeness (QED) is 0.694. The molecule has 0 atom stereocenters. The van der Waals surface area contributed by atoms with Gasteiger partial charge in [-0.25, -0.2) is 4.98 Å². The lowest BCUT2D eigenvalue weighted by Crippen LogP contribution is -1.99. The van der Waals surface area contributed by atoms with Crippen molar-refractivity contribution in [3.05, 3.63) is 29.8 Å². The predicted octanol–water partition coefficient (Wildman–Crippen LogP) is 4.02. The van der Waals surface area contributed by atoms with Crippen LogP contribution < -0.4 is 9.47 Å². The number of aromatic amines is 1. The maximum Gasteiger partial charge on any atom is 0.215 e. The summed E-state index contributed by atoms with van der Waals surface area (Å²) in [5, 5.41) is 0. The summed E-state index contributed by atoms with van der Waals surface area (Å²) in [5.41, 5.74) is 3.41. The van der Waals surface area contributed by atoms with Crippen LogP contribution in [-0.2, 0) is 0 Å². The van der Waals surface area contributed by atoms with Crippen molar-refractivity contribution in [1.82, 2.24) is 15.0 Å². The highest BCUT2D eigenvalue weighted by Crippen LogP contribution is 2.37. The van der Waals surface area contributed by atoms with Crippen LogP contribution in [0, 0.1) is 6.92 Å². The normalized spacial score (nSPS) is 11.0. The first-order chi connectivity index (χ1) is 11.1. The van der Waals surface area contributed by atoms with Crippen molar-refractivity contribution in [3.63, 3.8) is 0 Å². The van der Waals surface area contributed by atoms with Gasteiger partial charge in [-0.05, 0) is 31.0 Å². The molecule has 0 aliphatic heterocycles. The molecule has 120 valence electrons. The molecule has 2 aromatic heterocycles. The summed E-state index contributed by atoms with van der Waals surface area (Å²) in [6.07, 6.45) is 0.930. The Kier molecular flexibility index (Phi) is 4.43. The fourth-order valence-electron chi connectivity index (χ4n) is 2.32. The highest BCUT2D eigenvalue weighted by molar-refractivity contribution is 7.80. The van der Waals surface area contributed by atoms with Gasteiger partial charge in [-0.1, -0.05) is 13.0 Å². The minimum Gasteiger partial charge on any atom is -0.492 e. The van der Waals surface area contributed by atoms with Crippen molar-refractivity contribution in [2.24, 2.45) is 0 Å². The van der Waals surface area contributed by atoms with Crippen molar-refractivity contribution in [2.45, 2.75) is 25.2 Å². The van der Waals surface area contributed by atoms with Crippen LogP contribution in [0.15, 0.2) is 29.2 Å². The summed E-state index contributed by atoms with van der Waals surface area (Å²) in [6, 6.07) is 7.71. The average Bonchev–Trinajstić information content (AvgIpc) is 2.98. The number of aromatic nitrogens is 3. The van der Waals surface area contributed by atoms with Crippen LogP contribution >= 0.6 is 12.6 Å². The number of nitrogens with one attached hydrogen (secondary N) is 1. The first-order valence-corrected chi connectivity index (χ1v) is 7.95. The number of aryl methyl sites for hydroxylation is 1. The van der Waals surface area contributed by atoms with Gasteiger partial charge >= 0.3 is 0 Å². The zero-order valence-corrected chi connectivity index (χ0v) is 14.3. The summed E-state index contributed by atoms with van der Waals surface area (Å²) < 4.78 is 11.1. The number of hydrogen-bond donors (Lipinski definition) is 2. The van der Waals surface area contributed by atoms with E-state index < -0.39 is 0 Å². The smallest absolute Gasteiger partial charge is 0.215 e. The SMILES string of the molecule is CCCOc1c(-c2nc3nc(OC)ccc3[nH]2)ccc(C)c1S. The molecule has 0 radical (unpaired) electrons.